The summed E-state index contributed by atoms with van der Waals surface area (Å²) in [4.78, 5) is 28.0. The highest BCUT2D eigenvalue weighted by atomic mass is 16.8. The standard InChI is InChI=1S/C28H37NO7/c1-15(2)26-21(35-26)22-28(36-22)25(3)9-8-16-17(14-32-23(16)31)18(25)13-19-27(28,34-19)24(26)33-20(30)7-6-12-29-10-4-5-11-29/h15,18-19,21-22,24H,4-14H2,1-3H3/t18-,19-,21-,22-,24?,25-,26-,27+,28+/m0/s1. The number of carbonyl (C=O) groups excluding carboxylic acids is 2. The molecule has 36 heavy (non-hydrogen) atoms. The Morgan fingerprint density at radius 2 is 1.97 bits per heavy atom. The monoisotopic (exact) mass is 499 g/mol. The van der Waals surface area contributed by atoms with Gasteiger partial charge < -0.3 is 28.6 Å². The molecule has 8 nitrogen and oxygen atoms in total. The quantitative estimate of drug-likeness (QED) is 0.407. The second-order valence-electron chi connectivity index (χ2n) is 13.0. The number of rotatable bonds is 6. The fourth-order valence-electron chi connectivity index (χ4n) is 9.49. The minimum absolute atomic E-state index is 0.0528. The Balaban J connectivity index is 1.11. The Morgan fingerprint density at radius 1 is 1.17 bits per heavy atom. The minimum Gasteiger partial charge on any atom is -0.458 e. The van der Waals surface area contributed by atoms with Crippen LogP contribution in [0.25, 0.3) is 0 Å². The highest BCUT2D eigenvalue weighted by Gasteiger charge is 3.01. The van der Waals surface area contributed by atoms with E-state index in [2.05, 4.69) is 25.7 Å². The van der Waals surface area contributed by atoms with Crippen LogP contribution in [0.15, 0.2) is 11.1 Å². The van der Waals surface area contributed by atoms with Crippen molar-refractivity contribution in [3.63, 3.8) is 0 Å². The van der Waals surface area contributed by atoms with Gasteiger partial charge in [-0.2, -0.15) is 0 Å². The van der Waals surface area contributed by atoms with Gasteiger partial charge in [-0.15, -0.1) is 0 Å². The van der Waals surface area contributed by atoms with Gasteiger partial charge in [-0.1, -0.05) is 20.8 Å². The molecule has 3 aliphatic carbocycles. The van der Waals surface area contributed by atoms with E-state index in [0.717, 1.165) is 50.0 Å². The predicted octanol–water partition coefficient (Wildman–Crippen LogP) is 2.53. The number of nitrogens with zero attached hydrogens (tertiary/aromatic N) is 1. The largest absolute Gasteiger partial charge is 0.458 e. The lowest BCUT2D eigenvalue weighted by Crippen LogP contribution is -2.70. The molecule has 0 amide bonds. The summed E-state index contributed by atoms with van der Waals surface area (Å²) in [7, 11) is 0. The number of epoxide rings is 3. The van der Waals surface area contributed by atoms with Crippen molar-refractivity contribution in [1.82, 2.24) is 4.90 Å². The van der Waals surface area contributed by atoms with E-state index < -0.39 is 22.9 Å². The number of likely N-dealkylation sites (tertiary alicyclic amines) is 1. The lowest BCUT2D eigenvalue weighted by atomic mass is 9.46. The number of ether oxygens (including phenoxy) is 5. The Kier molecular flexibility index (Phi) is 4.33. The number of esters is 2. The maximum atomic E-state index is 13.3. The molecule has 0 aromatic rings. The zero-order chi connectivity index (χ0) is 24.7. The maximum Gasteiger partial charge on any atom is 0.334 e. The van der Waals surface area contributed by atoms with E-state index in [9.17, 15) is 9.59 Å². The van der Waals surface area contributed by atoms with E-state index in [0.29, 0.717) is 19.4 Å². The van der Waals surface area contributed by atoms with Crippen LogP contribution in [-0.4, -0.2) is 84.3 Å². The first-order valence-electron chi connectivity index (χ1n) is 14.1. The zero-order valence-corrected chi connectivity index (χ0v) is 21.5. The third-order valence-corrected chi connectivity index (χ3v) is 11.4. The Bertz CT molecular complexity index is 1080. The van der Waals surface area contributed by atoms with Gasteiger partial charge in [-0.05, 0) is 75.6 Å². The highest BCUT2D eigenvalue weighted by molar-refractivity contribution is 5.92. The molecule has 0 aromatic heterocycles. The van der Waals surface area contributed by atoms with Gasteiger partial charge in [0.1, 0.15) is 30.0 Å². The summed E-state index contributed by atoms with van der Waals surface area (Å²) in [6.45, 7) is 10.2. The summed E-state index contributed by atoms with van der Waals surface area (Å²) in [5, 5.41) is 0. The summed E-state index contributed by atoms with van der Waals surface area (Å²) < 4.78 is 31.8. The van der Waals surface area contributed by atoms with Crippen molar-refractivity contribution in [3.05, 3.63) is 11.1 Å². The fraction of sp³-hybridized carbons (Fsp3) is 0.857. The molecule has 0 radical (unpaired) electrons. The van der Waals surface area contributed by atoms with Gasteiger partial charge >= 0.3 is 11.9 Å². The molecule has 2 spiro atoms. The van der Waals surface area contributed by atoms with Gasteiger partial charge in [-0.25, -0.2) is 4.79 Å². The molecule has 8 rings (SSSR count). The van der Waals surface area contributed by atoms with Gasteiger partial charge in [0, 0.05) is 17.4 Å². The van der Waals surface area contributed by atoms with Crippen LogP contribution in [0.5, 0.6) is 0 Å². The van der Waals surface area contributed by atoms with Gasteiger partial charge in [0.25, 0.3) is 0 Å². The average molecular weight is 500 g/mol. The Labute approximate surface area is 212 Å². The Hall–Kier alpha value is -1.48. The van der Waals surface area contributed by atoms with Crippen LogP contribution in [0.3, 0.4) is 0 Å². The van der Waals surface area contributed by atoms with Crippen LogP contribution in [0.4, 0.5) is 0 Å². The summed E-state index contributed by atoms with van der Waals surface area (Å²) in [6, 6.07) is 0. The zero-order valence-electron chi connectivity index (χ0n) is 21.5. The van der Waals surface area contributed by atoms with Crippen molar-refractivity contribution >= 4 is 11.9 Å². The van der Waals surface area contributed by atoms with Gasteiger partial charge in [0.2, 0.25) is 0 Å². The summed E-state index contributed by atoms with van der Waals surface area (Å²) in [5.74, 6) is 0.0564. The van der Waals surface area contributed by atoms with Crippen molar-refractivity contribution < 1.29 is 33.3 Å². The van der Waals surface area contributed by atoms with E-state index in [1.807, 2.05) is 0 Å². The molecule has 0 aromatic carbocycles. The summed E-state index contributed by atoms with van der Waals surface area (Å²) in [6.07, 6.45) is 5.45. The molecule has 6 fully saturated rings. The Morgan fingerprint density at radius 3 is 2.75 bits per heavy atom. The average Bonchev–Trinajstić information content (AvgIpc) is 3.77. The number of hydrogen-bond donors (Lipinski definition) is 0. The number of carbonyl (C=O) groups is 2. The van der Waals surface area contributed by atoms with E-state index in [1.165, 1.54) is 12.8 Å². The van der Waals surface area contributed by atoms with Crippen molar-refractivity contribution in [2.45, 2.75) is 107 Å². The smallest absolute Gasteiger partial charge is 0.334 e. The first kappa shape index (κ1) is 22.5. The predicted molar refractivity (Wildman–Crippen MR) is 126 cm³/mol. The topological polar surface area (TPSA) is 93.4 Å². The molecule has 5 heterocycles. The molecule has 196 valence electrons. The molecule has 0 N–H and O–H groups in total. The van der Waals surface area contributed by atoms with E-state index in [4.69, 9.17) is 23.7 Å². The van der Waals surface area contributed by atoms with Crippen LogP contribution in [0.2, 0.25) is 0 Å². The minimum atomic E-state index is -0.660. The molecular weight excluding hydrogens is 462 g/mol. The van der Waals surface area contributed by atoms with Crippen molar-refractivity contribution in [1.29, 1.82) is 0 Å². The molecule has 4 saturated heterocycles. The van der Waals surface area contributed by atoms with Crippen molar-refractivity contribution in [2.24, 2.45) is 17.3 Å². The third-order valence-electron chi connectivity index (χ3n) is 11.4. The van der Waals surface area contributed by atoms with Crippen molar-refractivity contribution in [2.75, 3.05) is 26.2 Å². The number of cyclic esters (lactones) is 1. The lowest BCUT2D eigenvalue weighted by Gasteiger charge is -2.53. The maximum absolute atomic E-state index is 13.3. The van der Waals surface area contributed by atoms with Gasteiger partial charge in [-0.3, -0.25) is 4.79 Å². The van der Waals surface area contributed by atoms with Crippen LogP contribution in [0.1, 0.15) is 65.7 Å². The molecule has 9 atom stereocenters. The van der Waals surface area contributed by atoms with E-state index >= 15 is 0 Å². The first-order valence-corrected chi connectivity index (χ1v) is 14.1. The van der Waals surface area contributed by atoms with E-state index in [1.54, 1.807) is 0 Å². The summed E-state index contributed by atoms with van der Waals surface area (Å²) >= 11 is 0. The van der Waals surface area contributed by atoms with E-state index in [-0.39, 0.29) is 47.5 Å². The third kappa shape index (κ3) is 2.42. The molecule has 8 heteroatoms. The SMILES string of the molecule is CC(C)[C@]12O[C@H]1[C@@H]1O[C@@]13[C@@]1(C)CCC4=C(COC4=O)[C@@H]1C[C@@H]1O[C@@]13C2OC(=O)CCCN1CCCC1. The second-order valence-corrected chi connectivity index (χ2v) is 13.0. The highest BCUT2D eigenvalue weighted by Crippen LogP contribution is 2.83. The normalized spacial score (nSPS) is 51.4. The molecule has 2 saturated carbocycles. The second kappa shape index (κ2) is 6.93. The first-order chi connectivity index (χ1) is 17.3. The van der Waals surface area contributed by atoms with Crippen molar-refractivity contribution in [3.8, 4) is 0 Å². The molecule has 1 unspecified atom stereocenters. The molecule has 8 aliphatic rings. The fourth-order valence-corrected chi connectivity index (χ4v) is 9.49. The molecular formula is C28H37NO7. The van der Waals surface area contributed by atoms with Crippen LogP contribution in [0, 0.1) is 17.3 Å². The van der Waals surface area contributed by atoms with Crippen LogP contribution in [-0.2, 0) is 33.3 Å². The number of fused-ring (bicyclic) bond motifs is 4. The van der Waals surface area contributed by atoms with Crippen LogP contribution >= 0.6 is 0 Å². The molecule has 5 aliphatic heterocycles. The van der Waals surface area contributed by atoms with Crippen LogP contribution < -0.4 is 0 Å². The molecule has 0 bridgehead atoms. The number of hydrogen-bond acceptors (Lipinski definition) is 8. The van der Waals surface area contributed by atoms with Gasteiger partial charge in [0.15, 0.2) is 11.7 Å². The lowest BCUT2D eigenvalue weighted by molar-refractivity contribution is -0.169. The van der Waals surface area contributed by atoms with Gasteiger partial charge in [0.05, 0.1) is 6.10 Å². The summed E-state index contributed by atoms with van der Waals surface area (Å²) in [5.41, 5.74) is 0.0557.